The van der Waals surface area contributed by atoms with Gasteiger partial charge in [-0.25, -0.2) is 4.98 Å². The zero-order chi connectivity index (χ0) is 11.4. The van der Waals surface area contributed by atoms with Crippen LogP contribution in [0.3, 0.4) is 0 Å². The van der Waals surface area contributed by atoms with Crippen LogP contribution in [0.25, 0.3) is 0 Å². The third kappa shape index (κ3) is 2.54. The van der Waals surface area contributed by atoms with Crippen LogP contribution in [0, 0.1) is 0 Å². The number of methoxy groups -OCH3 is 1. The predicted octanol–water partition coefficient (Wildman–Crippen LogP) is 1.72. The molecule has 0 aliphatic heterocycles. The van der Waals surface area contributed by atoms with Gasteiger partial charge in [0, 0.05) is 12.3 Å². The normalized spacial score (nSPS) is 9.88. The van der Waals surface area contributed by atoms with Gasteiger partial charge in [-0.3, -0.25) is 0 Å². The molecule has 7 heteroatoms. The first-order chi connectivity index (χ1) is 7.78. The number of nitrogens with zero attached hydrogens (tertiary/aromatic N) is 4. The first-order valence-electron chi connectivity index (χ1n) is 4.32. The van der Waals surface area contributed by atoms with Crippen molar-refractivity contribution in [1.82, 2.24) is 19.9 Å². The maximum Gasteiger partial charge on any atom is 0.330 e. The molecule has 2 aromatic heterocycles. The quantitative estimate of drug-likeness (QED) is 0.811. The Balaban J connectivity index is 2.24. The lowest BCUT2D eigenvalue weighted by Crippen LogP contribution is -1.99. The van der Waals surface area contributed by atoms with Gasteiger partial charge in [-0.05, 0) is 17.7 Å². The summed E-state index contributed by atoms with van der Waals surface area (Å²) in [6, 6.07) is 5.35. The van der Waals surface area contributed by atoms with Crippen LogP contribution in [0.1, 0.15) is 0 Å². The fourth-order valence-corrected chi connectivity index (χ4v) is 1.10. The van der Waals surface area contributed by atoms with E-state index in [-0.39, 0.29) is 17.3 Å². The zero-order valence-corrected chi connectivity index (χ0v) is 9.05. The Bertz CT molecular complexity index is 480. The van der Waals surface area contributed by atoms with E-state index in [0.717, 1.165) is 0 Å². The minimum atomic E-state index is -0.00205. The Kier molecular flexibility index (Phi) is 3.11. The average Bonchev–Trinajstić information content (AvgIpc) is 2.29. The summed E-state index contributed by atoms with van der Waals surface area (Å²) in [5, 5.41) is -0.00205. The summed E-state index contributed by atoms with van der Waals surface area (Å²) < 4.78 is 10.1. The highest BCUT2D eigenvalue weighted by atomic mass is 35.5. The van der Waals surface area contributed by atoms with E-state index in [0.29, 0.717) is 5.88 Å². The van der Waals surface area contributed by atoms with Crippen molar-refractivity contribution in [2.45, 2.75) is 0 Å². The molecule has 0 aliphatic carbocycles. The SMILES string of the molecule is COc1nc(Cl)nc(Oc2ccccn2)n1. The zero-order valence-electron chi connectivity index (χ0n) is 8.29. The third-order valence-corrected chi connectivity index (χ3v) is 1.75. The lowest BCUT2D eigenvalue weighted by molar-refractivity contribution is 0.356. The van der Waals surface area contributed by atoms with Gasteiger partial charge in [0.15, 0.2) is 0 Å². The molecule has 2 aromatic rings. The van der Waals surface area contributed by atoms with E-state index in [1.54, 1.807) is 24.4 Å². The van der Waals surface area contributed by atoms with Crippen LogP contribution in [0.5, 0.6) is 17.9 Å². The number of pyridine rings is 1. The van der Waals surface area contributed by atoms with E-state index in [9.17, 15) is 0 Å². The largest absolute Gasteiger partial charge is 0.467 e. The molecule has 2 rings (SSSR count). The van der Waals surface area contributed by atoms with Crippen molar-refractivity contribution >= 4 is 11.6 Å². The summed E-state index contributed by atoms with van der Waals surface area (Å²) in [4.78, 5) is 15.3. The topological polar surface area (TPSA) is 70.0 Å². The van der Waals surface area contributed by atoms with Gasteiger partial charge in [0.1, 0.15) is 0 Å². The molecule has 0 fully saturated rings. The van der Waals surface area contributed by atoms with Gasteiger partial charge in [0.2, 0.25) is 11.2 Å². The van der Waals surface area contributed by atoms with Crippen molar-refractivity contribution in [2.24, 2.45) is 0 Å². The molecular weight excluding hydrogens is 232 g/mol. The Labute approximate surface area is 96.3 Å². The van der Waals surface area contributed by atoms with Crippen LogP contribution in [-0.4, -0.2) is 27.0 Å². The monoisotopic (exact) mass is 238 g/mol. The van der Waals surface area contributed by atoms with Crippen molar-refractivity contribution in [3.8, 4) is 17.9 Å². The summed E-state index contributed by atoms with van der Waals surface area (Å²) >= 11 is 5.65. The highest BCUT2D eigenvalue weighted by Gasteiger charge is 2.07. The Morgan fingerprint density at radius 1 is 1.12 bits per heavy atom. The fraction of sp³-hybridized carbons (Fsp3) is 0.111. The number of halogens is 1. The molecule has 82 valence electrons. The van der Waals surface area contributed by atoms with E-state index in [1.807, 2.05) is 0 Å². The van der Waals surface area contributed by atoms with Gasteiger partial charge in [-0.15, -0.1) is 4.98 Å². The highest BCUT2D eigenvalue weighted by molar-refractivity contribution is 6.28. The van der Waals surface area contributed by atoms with Gasteiger partial charge in [0.05, 0.1) is 7.11 Å². The number of hydrogen-bond acceptors (Lipinski definition) is 6. The smallest absolute Gasteiger partial charge is 0.330 e. The number of rotatable bonds is 3. The second-order valence-electron chi connectivity index (χ2n) is 2.64. The van der Waals surface area contributed by atoms with Crippen molar-refractivity contribution in [3.63, 3.8) is 0 Å². The highest BCUT2D eigenvalue weighted by Crippen LogP contribution is 2.17. The van der Waals surface area contributed by atoms with E-state index >= 15 is 0 Å². The molecule has 0 aromatic carbocycles. The fourth-order valence-electron chi connectivity index (χ4n) is 0.953. The molecule has 0 N–H and O–H groups in total. The van der Waals surface area contributed by atoms with E-state index in [1.165, 1.54) is 7.11 Å². The number of ether oxygens (including phenoxy) is 2. The van der Waals surface area contributed by atoms with Crippen LogP contribution in [0.2, 0.25) is 5.28 Å². The van der Waals surface area contributed by atoms with Crippen molar-refractivity contribution < 1.29 is 9.47 Å². The summed E-state index contributed by atoms with van der Waals surface area (Å²) in [7, 11) is 1.43. The minimum absolute atomic E-state index is 0.00205. The van der Waals surface area contributed by atoms with Gasteiger partial charge >= 0.3 is 12.0 Å². The van der Waals surface area contributed by atoms with Gasteiger partial charge in [-0.2, -0.15) is 9.97 Å². The second-order valence-corrected chi connectivity index (χ2v) is 2.98. The molecule has 0 spiro atoms. The molecule has 2 heterocycles. The first kappa shape index (κ1) is 10.6. The second kappa shape index (κ2) is 4.71. The van der Waals surface area contributed by atoms with Crippen LogP contribution in [0.4, 0.5) is 0 Å². The average molecular weight is 239 g/mol. The molecule has 0 saturated heterocycles. The number of hydrogen-bond donors (Lipinski definition) is 0. The van der Waals surface area contributed by atoms with Gasteiger partial charge in [0.25, 0.3) is 0 Å². The van der Waals surface area contributed by atoms with Crippen LogP contribution in [-0.2, 0) is 0 Å². The Hall–Kier alpha value is -1.95. The molecule has 0 amide bonds. The predicted molar refractivity (Wildman–Crippen MR) is 55.7 cm³/mol. The standard InChI is InChI=1S/C9H7ClN4O2/c1-15-8-12-7(10)13-9(14-8)16-6-4-2-3-5-11-6/h2-5H,1H3. The van der Waals surface area contributed by atoms with Crippen LogP contribution >= 0.6 is 11.6 Å². The molecular formula is C9H7ClN4O2. The first-order valence-corrected chi connectivity index (χ1v) is 4.70. The summed E-state index contributed by atoms with van der Waals surface area (Å²) in [6.45, 7) is 0. The van der Waals surface area contributed by atoms with Gasteiger partial charge in [-0.1, -0.05) is 6.07 Å². The molecule has 6 nitrogen and oxygen atoms in total. The van der Waals surface area contributed by atoms with Crippen molar-refractivity contribution in [1.29, 1.82) is 0 Å². The maximum atomic E-state index is 5.65. The van der Waals surface area contributed by atoms with E-state index in [2.05, 4.69) is 19.9 Å². The molecule has 0 bridgehead atoms. The van der Waals surface area contributed by atoms with Crippen molar-refractivity contribution in [3.05, 3.63) is 29.7 Å². The van der Waals surface area contributed by atoms with Crippen LogP contribution < -0.4 is 9.47 Å². The molecule has 0 atom stereocenters. The molecule has 0 aliphatic rings. The molecule has 0 radical (unpaired) electrons. The van der Waals surface area contributed by atoms with Gasteiger partial charge < -0.3 is 9.47 Å². The molecule has 16 heavy (non-hydrogen) atoms. The third-order valence-electron chi connectivity index (χ3n) is 1.58. The summed E-state index contributed by atoms with van der Waals surface area (Å²) in [5.41, 5.74) is 0. The summed E-state index contributed by atoms with van der Waals surface area (Å²) in [6.07, 6.45) is 1.59. The van der Waals surface area contributed by atoms with Crippen molar-refractivity contribution in [2.75, 3.05) is 7.11 Å². The number of aromatic nitrogens is 4. The minimum Gasteiger partial charge on any atom is -0.467 e. The lowest BCUT2D eigenvalue weighted by Gasteiger charge is -2.03. The lowest BCUT2D eigenvalue weighted by atomic mass is 10.5. The Morgan fingerprint density at radius 3 is 2.62 bits per heavy atom. The van der Waals surface area contributed by atoms with E-state index < -0.39 is 0 Å². The van der Waals surface area contributed by atoms with E-state index in [4.69, 9.17) is 21.1 Å². The van der Waals surface area contributed by atoms with Crippen LogP contribution in [0.15, 0.2) is 24.4 Å². The molecule has 0 unspecified atom stereocenters. The molecule has 0 saturated carbocycles. The Morgan fingerprint density at radius 2 is 1.94 bits per heavy atom. The summed E-state index contributed by atoms with van der Waals surface area (Å²) in [5.74, 6) is 0.367. The maximum absolute atomic E-state index is 5.65.